The number of aromatic nitrogens is 1. The van der Waals surface area contributed by atoms with E-state index in [0.717, 1.165) is 0 Å². The zero-order valence-electron chi connectivity index (χ0n) is 13.2. The first-order chi connectivity index (χ1) is 11.4. The predicted octanol–water partition coefficient (Wildman–Crippen LogP) is 4.88. The Morgan fingerprint density at radius 1 is 1.25 bits per heavy atom. The molecule has 2 aromatic rings. The topological polar surface area (TPSA) is 51.2 Å². The number of benzene rings is 1. The van der Waals surface area contributed by atoms with Crippen molar-refractivity contribution in [2.45, 2.75) is 20.0 Å². The normalized spacial score (nSPS) is 13.2. The fourth-order valence-corrected chi connectivity index (χ4v) is 2.87. The van der Waals surface area contributed by atoms with Crippen LogP contribution in [0.25, 0.3) is 0 Å². The molecule has 2 atom stereocenters. The first kappa shape index (κ1) is 18.8. The zero-order chi connectivity index (χ0) is 17.7. The Balaban J connectivity index is 1.93. The third-order valence-electron chi connectivity index (χ3n) is 3.58. The van der Waals surface area contributed by atoms with Crippen molar-refractivity contribution in [3.05, 3.63) is 57.3 Å². The summed E-state index contributed by atoms with van der Waals surface area (Å²) in [5, 5.41) is 4.01. The summed E-state index contributed by atoms with van der Waals surface area (Å²) < 4.78 is 5.84. The Morgan fingerprint density at radius 3 is 2.50 bits per heavy atom. The van der Waals surface area contributed by atoms with Crippen LogP contribution in [0, 0.1) is 5.92 Å². The van der Waals surface area contributed by atoms with Crippen molar-refractivity contribution in [3.63, 3.8) is 0 Å². The average Bonchev–Trinajstić information content (AvgIpc) is 2.56. The van der Waals surface area contributed by atoms with Gasteiger partial charge < -0.3 is 10.1 Å². The van der Waals surface area contributed by atoms with Gasteiger partial charge in [-0.25, -0.2) is 0 Å². The Hall–Kier alpha value is -1.49. The highest BCUT2D eigenvalue weighted by Gasteiger charge is 2.19. The monoisotopic (exact) mass is 386 g/mol. The van der Waals surface area contributed by atoms with Crippen LogP contribution in [0.4, 0.5) is 0 Å². The van der Waals surface area contributed by atoms with Gasteiger partial charge in [0.2, 0.25) is 0 Å². The number of hydrogen-bond donors (Lipinski definition) is 1. The van der Waals surface area contributed by atoms with Crippen molar-refractivity contribution in [3.8, 4) is 5.75 Å². The van der Waals surface area contributed by atoms with Crippen molar-refractivity contribution in [1.82, 2.24) is 10.3 Å². The highest BCUT2D eigenvalue weighted by molar-refractivity contribution is 6.40. The molecule has 2 unspecified atom stereocenters. The summed E-state index contributed by atoms with van der Waals surface area (Å²) in [4.78, 5) is 16.0. The van der Waals surface area contributed by atoms with Crippen LogP contribution < -0.4 is 10.1 Å². The highest BCUT2D eigenvalue weighted by Crippen LogP contribution is 2.36. The molecule has 0 bridgehead atoms. The van der Waals surface area contributed by atoms with Crippen molar-refractivity contribution in [2.24, 2.45) is 5.92 Å². The lowest BCUT2D eigenvalue weighted by Gasteiger charge is -2.23. The Bertz CT molecular complexity index is 687. The predicted molar refractivity (Wildman–Crippen MR) is 97.3 cm³/mol. The molecule has 0 aliphatic rings. The van der Waals surface area contributed by atoms with Crippen LogP contribution in [-0.4, -0.2) is 23.5 Å². The summed E-state index contributed by atoms with van der Waals surface area (Å²) in [7, 11) is 0. The van der Waals surface area contributed by atoms with Gasteiger partial charge in [-0.1, -0.05) is 41.7 Å². The molecule has 0 aliphatic heterocycles. The number of hydrogen-bond acceptors (Lipinski definition) is 3. The van der Waals surface area contributed by atoms with Gasteiger partial charge in [0.1, 0.15) is 6.10 Å². The molecule has 0 radical (unpaired) electrons. The largest absolute Gasteiger partial charge is 0.487 e. The molecular weight excluding hydrogens is 371 g/mol. The lowest BCUT2D eigenvalue weighted by Crippen LogP contribution is -2.34. The second-order valence-electron chi connectivity index (χ2n) is 5.45. The Labute approximate surface area is 156 Å². The van der Waals surface area contributed by atoms with Crippen LogP contribution in [0.1, 0.15) is 24.2 Å². The molecule has 1 N–H and O–H groups in total. The number of carbonyl (C=O) groups excluding carboxylic acids is 1. The smallest absolute Gasteiger partial charge is 0.252 e. The molecule has 0 saturated heterocycles. The number of pyridine rings is 1. The molecule has 1 aromatic heterocycles. The SMILES string of the molecule is CC(CNC(=O)c1cccnc1)C(C)Oc1c(Cl)cc(Cl)cc1Cl. The molecule has 7 heteroatoms. The number of nitrogens with one attached hydrogen (secondary N) is 1. The van der Waals surface area contributed by atoms with Crippen LogP contribution in [0.5, 0.6) is 5.75 Å². The summed E-state index contributed by atoms with van der Waals surface area (Å²) in [6.07, 6.45) is 2.93. The van der Waals surface area contributed by atoms with E-state index in [1.165, 1.54) is 6.20 Å². The third-order valence-corrected chi connectivity index (χ3v) is 4.36. The number of halogens is 3. The van der Waals surface area contributed by atoms with Gasteiger partial charge in [0.15, 0.2) is 5.75 Å². The zero-order valence-corrected chi connectivity index (χ0v) is 15.5. The Kier molecular flexibility index (Phi) is 6.72. The third kappa shape index (κ3) is 5.00. The maximum absolute atomic E-state index is 12.0. The first-order valence-electron chi connectivity index (χ1n) is 7.38. The summed E-state index contributed by atoms with van der Waals surface area (Å²) in [6.45, 7) is 4.30. The van der Waals surface area contributed by atoms with Crippen LogP contribution in [0.15, 0.2) is 36.7 Å². The van der Waals surface area contributed by atoms with Gasteiger partial charge in [0, 0.05) is 29.9 Å². The molecule has 4 nitrogen and oxygen atoms in total. The number of ether oxygens (including phenoxy) is 1. The lowest BCUT2D eigenvalue weighted by atomic mass is 10.1. The number of nitrogens with zero attached hydrogens (tertiary/aromatic N) is 1. The van der Waals surface area contributed by atoms with Crippen molar-refractivity contribution < 1.29 is 9.53 Å². The van der Waals surface area contributed by atoms with Gasteiger partial charge in [-0.3, -0.25) is 9.78 Å². The summed E-state index contributed by atoms with van der Waals surface area (Å²) >= 11 is 18.1. The maximum Gasteiger partial charge on any atom is 0.252 e. The first-order valence-corrected chi connectivity index (χ1v) is 8.51. The molecule has 0 fully saturated rings. The molecule has 0 aliphatic carbocycles. The molecule has 0 saturated carbocycles. The van der Waals surface area contributed by atoms with Crippen LogP contribution in [-0.2, 0) is 0 Å². The van der Waals surface area contributed by atoms with E-state index in [2.05, 4.69) is 10.3 Å². The second kappa shape index (κ2) is 8.56. The van der Waals surface area contributed by atoms with E-state index in [-0.39, 0.29) is 17.9 Å². The quantitative estimate of drug-likeness (QED) is 0.769. The van der Waals surface area contributed by atoms with Gasteiger partial charge in [-0.2, -0.15) is 0 Å². The lowest BCUT2D eigenvalue weighted by molar-refractivity contribution is 0.0929. The van der Waals surface area contributed by atoms with E-state index >= 15 is 0 Å². The molecule has 1 amide bonds. The summed E-state index contributed by atoms with van der Waals surface area (Å²) in [6, 6.07) is 6.58. The van der Waals surface area contributed by atoms with Gasteiger partial charge >= 0.3 is 0 Å². The summed E-state index contributed by atoms with van der Waals surface area (Å²) in [5.74, 6) is 0.249. The minimum atomic E-state index is -0.213. The van der Waals surface area contributed by atoms with Crippen molar-refractivity contribution in [1.29, 1.82) is 0 Å². The summed E-state index contributed by atoms with van der Waals surface area (Å²) in [5.41, 5.74) is 0.516. The van der Waals surface area contributed by atoms with Gasteiger partial charge in [-0.05, 0) is 31.2 Å². The highest BCUT2D eigenvalue weighted by atomic mass is 35.5. The molecule has 1 aromatic carbocycles. The van der Waals surface area contributed by atoms with E-state index in [1.807, 2.05) is 13.8 Å². The molecule has 2 rings (SSSR count). The molecule has 128 valence electrons. The van der Waals surface area contributed by atoms with Gasteiger partial charge in [0.05, 0.1) is 15.6 Å². The van der Waals surface area contributed by atoms with E-state index in [0.29, 0.717) is 32.9 Å². The van der Waals surface area contributed by atoms with Crippen LogP contribution in [0.3, 0.4) is 0 Å². The fourth-order valence-electron chi connectivity index (χ4n) is 1.96. The molecular formula is C17H17Cl3N2O2. The van der Waals surface area contributed by atoms with Crippen LogP contribution in [0.2, 0.25) is 15.1 Å². The second-order valence-corrected chi connectivity index (χ2v) is 6.70. The number of carbonyl (C=O) groups is 1. The van der Waals surface area contributed by atoms with Crippen molar-refractivity contribution in [2.75, 3.05) is 6.54 Å². The van der Waals surface area contributed by atoms with Crippen molar-refractivity contribution >= 4 is 40.7 Å². The average molecular weight is 388 g/mol. The standard InChI is InChI=1S/C17H17Cl3N2O2/c1-10(8-22-17(23)12-4-3-5-21-9-12)11(2)24-16-14(19)6-13(18)7-15(16)20/h3-7,9-11H,8H2,1-2H3,(H,22,23). The molecule has 24 heavy (non-hydrogen) atoms. The maximum atomic E-state index is 12.0. The van der Waals surface area contributed by atoms with E-state index in [1.54, 1.807) is 30.5 Å². The minimum absolute atomic E-state index is 0.0356. The molecule has 0 spiro atoms. The Morgan fingerprint density at radius 2 is 1.92 bits per heavy atom. The van der Waals surface area contributed by atoms with E-state index < -0.39 is 0 Å². The van der Waals surface area contributed by atoms with Gasteiger partial charge in [-0.15, -0.1) is 0 Å². The van der Waals surface area contributed by atoms with E-state index in [4.69, 9.17) is 39.5 Å². The number of rotatable bonds is 6. The van der Waals surface area contributed by atoms with Gasteiger partial charge in [0.25, 0.3) is 5.91 Å². The van der Waals surface area contributed by atoms with Crippen LogP contribution >= 0.6 is 34.8 Å². The van der Waals surface area contributed by atoms with E-state index in [9.17, 15) is 4.79 Å². The number of amides is 1. The molecule has 1 heterocycles. The minimum Gasteiger partial charge on any atom is -0.487 e. The fraction of sp³-hybridized carbons (Fsp3) is 0.294.